The van der Waals surface area contributed by atoms with Crippen LogP contribution < -0.4 is 5.32 Å². The molecule has 5 heteroatoms. The van der Waals surface area contributed by atoms with E-state index in [-0.39, 0.29) is 0 Å². The van der Waals surface area contributed by atoms with E-state index in [9.17, 15) is 0 Å². The molecule has 2 heterocycles. The van der Waals surface area contributed by atoms with E-state index in [0.717, 1.165) is 22.2 Å². The lowest BCUT2D eigenvalue weighted by atomic mass is 10.1. The standard InChI is InChI=1S/C20H18N4O/c1-12-5-8-16(9-6-12)22-19-17(20-21-14(3)25-24-20)11-15-7-4-13(2)10-18(15)23-19/h4-11H,1-3H3,(H,22,23). The minimum Gasteiger partial charge on any atom is -0.340 e. The molecule has 0 aliphatic carbocycles. The van der Waals surface area contributed by atoms with Crippen LogP contribution in [0.4, 0.5) is 11.5 Å². The van der Waals surface area contributed by atoms with Gasteiger partial charge in [0.1, 0.15) is 5.82 Å². The second-order valence-corrected chi connectivity index (χ2v) is 6.21. The molecule has 5 nitrogen and oxygen atoms in total. The Labute approximate surface area is 145 Å². The van der Waals surface area contributed by atoms with Crippen LogP contribution in [0, 0.1) is 20.8 Å². The molecule has 0 amide bonds. The molecule has 1 N–H and O–H groups in total. The summed E-state index contributed by atoms with van der Waals surface area (Å²) in [5, 5.41) is 8.49. The molecule has 0 unspecified atom stereocenters. The lowest BCUT2D eigenvalue weighted by Gasteiger charge is -2.11. The fourth-order valence-electron chi connectivity index (χ4n) is 2.73. The third kappa shape index (κ3) is 3.08. The Morgan fingerprint density at radius 2 is 1.60 bits per heavy atom. The van der Waals surface area contributed by atoms with E-state index in [1.165, 1.54) is 11.1 Å². The number of nitrogens with one attached hydrogen (secondary N) is 1. The van der Waals surface area contributed by atoms with E-state index >= 15 is 0 Å². The van der Waals surface area contributed by atoms with Gasteiger partial charge in [-0.1, -0.05) is 35.0 Å². The van der Waals surface area contributed by atoms with Gasteiger partial charge < -0.3 is 9.84 Å². The molecule has 0 saturated carbocycles. The lowest BCUT2D eigenvalue weighted by molar-refractivity contribution is 0.394. The number of nitrogens with zero attached hydrogens (tertiary/aromatic N) is 3. The van der Waals surface area contributed by atoms with Crippen molar-refractivity contribution in [1.82, 2.24) is 15.1 Å². The van der Waals surface area contributed by atoms with Crippen LogP contribution >= 0.6 is 0 Å². The Hall–Kier alpha value is -3.21. The van der Waals surface area contributed by atoms with Gasteiger partial charge in [-0.2, -0.15) is 4.98 Å². The first kappa shape index (κ1) is 15.3. The molecule has 0 fully saturated rings. The maximum absolute atomic E-state index is 5.15. The van der Waals surface area contributed by atoms with Crippen LogP contribution in [0.5, 0.6) is 0 Å². The summed E-state index contributed by atoms with van der Waals surface area (Å²) in [4.78, 5) is 9.17. The number of anilines is 2. The fraction of sp³-hybridized carbons (Fsp3) is 0.150. The number of rotatable bonds is 3. The third-order valence-corrected chi connectivity index (χ3v) is 4.06. The number of aromatic nitrogens is 3. The largest absolute Gasteiger partial charge is 0.340 e. The van der Waals surface area contributed by atoms with Crippen molar-refractivity contribution in [2.45, 2.75) is 20.8 Å². The fourth-order valence-corrected chi connectivity index (χ4v) is 2.73. The molecule has 25 heavy (non-hydrogen) atoms. The topological polar surface area (TPSA) is 63.8 Å². The van der Waals surface area contributed by atoms with Crippen molar-refractivity contribution in [2.24, 2.45) is 0 Å². The highest BCUT2D eigenvalue weighted by atomic mass is 16.5. The Morgan fingerprint density at radius 1 is 0.840 bits per heavy atom. The highest BCUT2D eigenvalue weighted by Gasteiger charge is 2.14. The molecule has 0 saturated heterocycles. The van der Waals surface area contributed by atoms with E-state index in [1.54, 1.807) is 6.92 Å². The molecule has 0 bridgehead atoms. The summed E-state index contributed by atoms with van der Waals surface area (Å²) < 4.78 is 5.15. The Balaban J connectivity index is 1.87. The second-order valence-electron chi connectivity index (χ2n) is 6.21. The Morgan fingerprint density at radius 3 is 2.32 bits per heavy atom. The van der Waals surface area contributed by atoms with E-state index in [2.05, 4.69) is 59.6 Å². The van der Waals surface area contributed by atoms with Gasteiger partial charge in [-0.25, -0.2) is 4.98 Å². The van der Waals surface area contributed by atoms with Crippen LogP contribution in [-0.4, -0.2) is 15.1 Å². The molecule has 2 aromatic carbocycles. The van der Waals surface area contributed by atoms with E-state index in [0.29, 0.717) is 17.5 Å². The van der Waals surface area contributed by atoms with Crippen molar-refractivity contribution in [3.63, 3.8) is 0 Å². The summed E-state index contributed by atoms with van der Waals surface area (Å²) in [6.07, 6.45) is 0. The summed E-state index contributed by atoms with van der Waals surface area (Å²) in [5.74, 6) is 1.77. The molecule has 0 radical (unpaired) electrons. The van der Waals surface area contributed by atoms with Gasteiger partial charge in [0.25, 0.3) is 0 Å². The lowest BCUT2D eigenvalue weighted by Crippen LogP contribution is -1.98. The second kappa shape index (κ2) is 6.02. The van der Waals surface area contributed by atoms with Gasteiger partial charge in [-0.3, -0.25) is 0 Å². The molecule has 124 valence electrons. The number of hydrogen-bond acceptors (Lipinski definition) is 5. The van der Waals surface area contributed by atoms with Gasteiger partial charge in [0.05, 0.1) is 11.1 Å². The van der Waals surface area contributed by atoms with E-state index in [4.69, 9.17) is 9.51 Å². The zero-order valence-electron chi connectivity index (χ0n) is 14.4. The summed E-state index contributed by atoms with van der Waals surface area (Å²) in [6, 6.07) is 16.4. The number of aryl methyl sites for hydroxylation is 3. The predicted molar refractivity (Wildman–Crippen MR) is 99.0 cm³/mol. The van der Waals surface area contributed by atoms with Crippen LogP contribution in [0.2, 0.25) is 0 Å². The normalized spacial score (nSPS) is 11.0. The molecule has 0 aliphatic rings. The minimum absolute atomic E-state index is 0.528. The van der Waals surface area contributed by atoms with Crippen molar-refractivity contribution < 1.29 is 4.52 Å². The van der Waals surface area contributed by atoms with E-state index in [1.807, 2.05) is 18.2 Å². The zero-order chi connectivity index (χ0) is 17.4. The Bertz CT molecular complexity index is 1050. The monoisotopic (exact) mass is 330 g/mol. The highest BCUT2D eigenvalue weighted by molar-refractivity contribution is 5.89. The molecule has 2 aromatic heterocycles. The minimum atomic E-state index is 0.528. The van der Waals surface area contributed by atoms with Crippen molar-refractivity contribution >= 4 is 22.4 Å². The van der Waals surface area contributed by atoms with Crippen LogP contribution in [0.15, 0.2) is 53.1 Å². The molecule has 0 spiro atoms. The van der Waals surface area contributed by atoms with Crippen molar-refractivity contribution in [3.05, 3.63) is 65.5 Å². The number of benzene rings is 2. The predicted octanol–water partition coefficient (Wildman–Crippen LogP) is 4.95. The summed E-state index contributed by atoms with van der Waals surface area (Å²) in [6.45, 7) is 5.90. The molecule has 0 aliphatic heterocycles. The quantitative estimate of drug-likeness (QED) is 0.575. The summed E-state index contributed by atoms with van der Waals surface area (Å²) in [7, 11) is 0. The van der Waals surface area contributed by atoms with Crippen LogP contribution in [0.25, 0.3) is 22.3 Å². The molecular weight excluding hydrogens is 312 g/mol. The summed E-state index contributed by atoms with van der Waals surface area (Å²) >= 11 is 0. The number of fused-ring (bicyclic) bond motifs is 1. The summed E-state index contributed by atoms with van der Waals surface area (Å²) in [5.41, 5.74) is 5.09. The third-order valence-electron chi connectivity index (χ3n) is 4.06. The molecular formula is C20H18N4O. The van der Waals surface area contributed by atoms with Gasteiger partial charge >= 0.3 is 0 Å². The number of pyridine rings is 1. The van der Waals surface area contributed by atoms with Crippen LogP contribution in [0.1, 0.15) is 17.0 Å². The maximum Gasteiger partial charge on any atom is 0.223 e. The van der Waals surface area contributed by atoms with Crippen LogP contribution in [-0.2, 0) is 0 Å². The zero-order valence-corrected chi connectivity index (χ0v) is 14.4. The van der Waals surface area contributed by atoms with Crippen LogP contribution in [0.3, 0.4) is 0 Å². The van der Waals surface area contributed by atoms with Gasteiger partial charge in [0.2, 0.25) is 11.7 Å². The van der Waals surface area contributed by atoms with Crippen molar-refractivity contribution in [2.75, 3.05) is 5.32 Å². The SMILES string of the molecule is Cc1ccc(Nc2nc3cc(C)ccc3cc2-c2noc(C)n2)cc1. The average Bonchev–Trinajstić information content (AvgIpc) is 3.02. The van der Waals surface area contributed by atoms with Gasteiger partial charge in [0.15, 0.2) is 0 Å². The first-order chi connectivity index (χ1) is 12.1. The number of hydrogen-bond donors (Lipinski definition) is 1. The smallest absolute Gasteiger partial charge is 0.223 e. The molecule has 4 aromatic rings. The molecule has 0 atom stereocenters. The van der Waals surface area contributed by atoms with Crippen molar-refractivity contribution in [1.29, 1.82) is 0 Å². The van der Waals surface area contributed by atoms with Gasteiger partial charge in [-0.05, 0) is 43.7 Å². The van der Waals surface area contributed by atoms with Crippen molar-refractivity contribution in [3.8, 4) is 11.4 Å². The van der Waals surface area contributed by atoms with Gasteiger partial charge in [-0.15, -0.1) is 0 Å². The van der Waals surface area contributed by atoms with E-state index < -0.39 is 0 Å². The highest BCUT2D eigenvalue weighted by Crippen LogP contribution is 2.30. The average molecular weight is 330 g/mol. The maximum atomic E-state index is 5.15. The first-order valence-corrected chi connectivity index (χ1v) is 8.14. The molecule has 4 rings (SSSR count). The van der Waals surface area contributed by atoms with Gasteiger partial charge in [0, 0.05) is 18.0 Å². The first-order valence-electron chi connectivity index (χ1n) is 8.14. The Kier molecular flexibility index (Phi) is 3.69.